The van der Waals surface area contributed by atoms with E-state index in [0.717, 1.165) is 19.3 Å². The Labute approximate surface area is 108 Å². The van der Waals surface area contributed by atoms with Gasteiger partial charge in [0, 0.05) is 19.0 Å². The van der Waals surface area contributed by atoms with Crippen LogP contribution in [0, 0.1) is 16.7 Å². The standard InChI is InChI=1S/C14H23NO3/c1-13(2)6-4-5-10(13)11(16)15-8-7-14(3,9-15)12(17)18/h10H,4-9H2,1-3H3,(H,17,18). The minimum absolute atomic E-state index is 0.0687. The van der Waals surface area contributed by atoms with Gasteiger partial charge in [0.1, 0.15) is 0 Å². The SMILES string of the molecule is CC1(C(=O)O)CCN(C(=O)C2CCCC2(C)C)C1. The number of hydrogen-bond donors (Lipinski definition) is 1. The predicted octanol–water partition coefficient (Wildman–Crippen LogP) is 2.14. The van der Waals surface area contributed by atoms with E-state index < -0.39 is 11.4 Å². The fourth-order valence-corrected chi connectivity index (χ4v) is 3.33. The van der Waals surface area contributed by atoms with Crippen molar-refractivity contribution in [1.29, 1.82) is 0 Å². The highest BCUT2D eigenvalue weighted by Crippen LogP contribution is 2.44. The Kier molecular flexibility index (Phi) is 3.16. The lowest BCUT2D eigenvalue weighted by atomic mass is 9.81. The van der Waals surface area contributed by atoms with Crippen LogP contribution < -0.4 is 0 Å². The Bertz CT molecular complexity index is 377. The van der Waals surface area contributed by atoms with E-state index in [1.54, 1.807) is 11.8 Å². The molecular formula is C14H23NO3. The van der Waals surface area contributed by atoms with Gasteiger partial charge in [-0.25, -0.2) is 0 Å². The third-order valence-corrected chi connectivity index (χ3v) is 4.86. The van der Waals surface area contributed by atoms with Crippen molar-refractivity contribution in [3.63, 3.8) is 0 Å². The Hall–Kier alpha value is -1.06. The van der Waals surface area contributed by atoms with Crippen LogP contribution >= 0.6 is 0 Å². The molecule has 0 aromatic carbocycles. The van der Waals surface area contributed by atoms with Crippen LogP contribution in [-0.2, 0) is 9.59 Å². The highest BCUT2D eigenvalue weighted by Gasteiger charge is 2.47. The molecule has 1 aliphatic heterocycles. The Morgan fingerprint density at radius 2 is 1.89 bits per heavy atom. The molecule has 2 rings (SSSR count). The number of carbonyl (C=O) groups excluding carboxylic acids is 1. The summed E-state index contributed by atoms with van der Waals surface area (Å²) in [6, 6.07) is 0. The summed E-state index contributed by atoms with van der Waals surface area (Å²) in [5, 5.41) is 9.20. The number of rotatable bonds is 2. The van der Waals surface area contributed by atoms with Crippen molar-refractivity contribution in [1.82, 2.24) is 4.90 Å². The average molecular weight is 253 g/mol. The van der Waals surface area contributed by atoms with E-state index >= 15 is 0 Å². The van der Waals surface area contributed by atoms with Crippen molar-refractivity contribution in [3.05, 3.63) is 0 Å². The van der Waals surface area contributed by atoms with Gasteiger partial charge in [0.2, 0.25) is 5.91 Å². The fourth-order valence-electron chi connectivity index (χ4n) is 3.33. The van der Waals surface area contributed by atoms with Crippen LogP contribution in [-0.4, -0.2) is 35.0 Å². The summed E-state index contributed by atoms with van der Waals surface area (Å²) >= 11 is 0. The van der Waals surface area contributed by atoms with Gasteiger partial charge in [-0.15, -0.1) is 0 Å². The molecule has 2 aliphatic rings. The summed E-state index contributed by atoms with van der Waals surface area (Å²) in [4.78, 5) is 25.5. The van der Waals surface area contributed by atoms with Gasteiger partial charge in [-0.1, -0.05) is 20.3 Å². The van der Waals surface area contributed by atoms with Crippen molar-refractivity contribution in [2.24, 2.45) is 16.7 Å². The summed E-state index contributed by atoms with van der Waals surface area (Å²) < 4.78 is 0. The highest BCUT2D eigenvalue weighted by molar-refractivity contribution is 5.82. The molecule has 1 amide bonds. The van der Waals surface area contributed by atoms with Crippen molar-refractivity contribution in [2.75, 3.05) is 13.1 Å². The molecule has 0 aromatic heterocycles. The molecular weight excluding hydrogens is 230 g/mol. The number of likely N-dealkylation sites (tertiary alicyclic amines) is 1. The third kappa shape index (κ3) is 2.13. The maximum absolute atomic E-state index is 12.5. The molecule has 0 aromatic rings. The van der Waals surface area contributed by atoms with Gasteiger partial charge in [0.15, 0.2) is 0 Å². The largest absolute Gasteiger partial charge is 0.481 e. The van der Waals surface area contributed by atoms with Crippen molar-refractivity contribution >= 4 is 11.9 Å². The van der Waals surface area contributed by atoms with E-state index in [1.807, 2.05) is 0 Å². The van der Waals surface area contributed by atoms with Gasteiger partial charge in [0.05, 0.1) is 5.41 Å². The van der Waals surface area contributed by atoms with Gasteiger partial charge < -0.3 is 10.0 Å². The number of hydrogen-bond acceptors (Lipinski definition) is 2. The number of nitrogens with zero attached hydrogens (tertiary/aromatic N) is 1. The van der Waals surface area contributed by atoms with Crippen molar-refractivity contribution in [2.45, 2.75) is 46.5 Å². The summed E-state index contributed by atoms with van der Waals surface area (Å²) in [7, 11) is 0. The molecule has 4 heteroatoms. The third-order valence-electron chi connectivity index (χ3n) is 4.86. The minimum atomic E-state index is -0.788. The molecule has 0 radical (unpaired) electrons. The first-order valence-corrected chi connectivity index (χ1v) is 6.78. The van der Waals surface area contributed by atoms with Crippen LogP contribution in [0.2, 0.25) is 0 Å². The molecule has 18 heavy (non-hydrogen) atoms. The fraction of sp³-hybridized carbons (Fsp3) is 0.857. The van der Waals surface area contributed by atoms with Crippen molar-refractivity contribution in [3.8, 4) is 0 Å². The Morgan fingerprint density at radius 3 is 2.33 bits per heavy atom. The second-order valence-electron chi connectivity index (χ2n) is 6.81. The number of carboxylic acids is 1. The molecule has 2 unspecified atom stereocenters. The van der Waals surface area contributed by atoms with E-state index in [1.165, 1.54) is 0 Å². The van der Waals surface area contributed by atoms with E-state index in [9.17, 15) is 14.7 Å². The Morgan fingerprint density at radius 1 is 1.22 bits per heavy atom. The molecule has 4 nitrogen and oxygen atoms in total. The lowest BCUT2D eigenvalue weighted by Crippen LogP contribution is -2.40. The Balaban J connectivity index is 2.06. The normalized spacial score (nSPS) is 34.8. The van der Waals surface area contributed by atoms with Crippen LogP contribution in [0.5, 0.6) is 0 Å². The highest BCUT2D eigenvalue weighted by atomic mass is 16.4. The number of carbonyl (C=O) groups is 2. The zero-order valence-electron chi connectivity index (χ0n) is 11.5. The van der Waals surface area contributed by atoms with Crippen LogP contribution in [0.4, 0.5) is 0 Å². The average Bonchev–Trinajstić information content (AvgIpc) is 2.82. The lowest BCUT2D eigenvalue weighted by molar-refractivity contribution is -0.147. The molecule has 1 saturated carbocycles. The van der Waals surface area contributed by atoms with Gasteiger partial charge >= 0.3 is 5.97 Å². The van der Waals surface area contributed by atoms with E-state index in [-0.39, 0.29) is 17.2 Å². The summed E-state index contributed by atoms with van der Waals surface area (Å²) in [5.41, 5.74) is -0.683. The van der Waals surface area contributed by atoms with E-state index in [4.69, 9.17) is 0 Å². The topological polar surface area (TPSA) is 57.6 Å². The number of amides is 1. The molecule has 2 atom stereocenters. The molecule has 0 bridgehead atoms. The summed E-state index contributed by atoms with van der Waals surface area (Å²) in [5.74, 6) is -0.542. The maximum atomic E-state index is 12.5. The summed E-state index contributed by atoms with van der Waals surface area (Å²) in [6.07, 6.45) is 3.72. The quantitative estimate of drug-likeness (QED) is 0.820. The molecule has 1 heterocycles. The molecule has 1 aliphatic carbocycles. The molecule has 1 saturated heterocycles. The molecule has 1 N–H and O–H groups in total. The summed E-state index contributed by atoms with van der Waals surface area (Å²) in [6.45, 7) is 6.99. The van der Waals surface area contributed by atoms with Crippen molar-refractivity contribution < 1.29 is 14.7 Å². The zero-order valence-corrected chi connectivity index (χ0v) is 11.5. The smallest absolute Gasteiger partial charge is 0.311 e. The number of carboxylic acid groups (broad SMARTS) is 1. The van der Waals surface area contributed by atoms with Crippen LogP contribution in [0.3, 0.4) is 0 Å². The van der Waals surface area contributed by atoms with Gasteiger partial charge in [-0.2, -0.15) is 0 Å². The second kappa shape index (κ2) is 4.25. The van der Waals surface area contributed by atoms with Crippen LogP contribution in [0.15, 0.2) is 0 Å². The first-order valence-electron chi connectivity index (χ1n) is 6.78. The molecule has 2 fully saturated rings. The van der Waals surface area contributed by atoms with E-state index in [2.05, 4.69) is 13.8 Å². The van der Waals surface area contributed by atoms with Crippen LogP contribution in [0.25, 0.3) is 0 Å². The van der Waals surface area contributed by atoms with Gasteiger partial charge in [-0.3, -0.25) is 9.59 Å². The molecule has 0 spiro atoms. The maximum Gasteiger partial charge on any atom is 0.311 e. The monoisotopic (exact) mass is 253 g/mol. The second-order valence-corrected chi connectivity index (χ2v) is 6.81. The van der Waals surface area contributed by atoms with Crippen LogP contribution in [0.1, 0.15) is 46.5 Å². The first-order chi connectivity index (χ1) is 8.26. The minimum Gasteiger partial charge on any atom is -0.481 e. The number of aliphatic carboxylic acids is 1. The zero-order chi connectivity index (χ0) is 13.6. The lowest BCUT2D eigenvalue weighted by Gasteiger charge is -2.30. The van der Waals surface area contributed by atoms with E-state index in [0.29, 0.717) is 19.5 Å². The predicted molar refractivity (Wildman–Crippen MR) is 68.1 cm³/mol. The molecule has 102 valence electrons. The van der Waals surface area contributed by atoms with Gasteiger partial charge in [-0.05, 0) is 31.6 Å². The first kappa shape index (κ1) is 13.4. The van der Waals surface area contributed by atoms with Gasteiger partial charge in [0.25, 0.3) is 0 Å².